The highest BCUT2D eigenvalue weighted by atomic mass is 79.9. The second-order valence-electron chi connectivity index (χ2n) is 4.05. The molecular formula is C12H26BrNO. The number of hydrogen-bond donors (Lipinski definition) is 0. The van der Waals surface area contributed by atoms with Crippen LogP contribution in [-0.2, 0) is 4.79 Å². The number of halogens is 1. The standard InChI is InChI=1S/C6H11NO.C6H14.BrH/c1-7-4-2-6(8)3-5-7;1-3-5-6-4-2;/h2-5H2,1H3;3-6H2,1-2H3;1H. The number of hydrogen-bond acceptors (Lipinski definition) is 2. The van der Waals surface area contributed by atoms with E-state index in [1.165, 1.54) is 25.7 Å². The molecule has 1 saturated heterocycles. The van der Waals surface area contributed by atoms with Crippen molar-refractivity contribution in [3.63, 3.8) is 0 Å². The van der Waals surface area contributed by atoms with Gasteiger partial charge in [0.25, 0.3) is 0 Å². The monoisotopic (exact) mass is 279 g/mol. The van der Waals surface area contributed by atoms with E-state index < -0.39 is 0 Å². The van der Waals surface area contributed by atoms with Gasteiger partial charge in [0, 0.05) is 25.9 Å². The van der Waals surface area contributed by atoms with Gasteiger partial charge >= 0.3 is 0 Å². The molecule has 1 aliphatic rings. The lowest BCUT2D eigenvalue weighted by atomic mass is 10.1. The summed E-state index contributed by atoms with van der Waals surface area (Å²) in [6.45, 7) is 6.38. The maximum atomic E-state index is 10.6. The maximum absolute atomic E-state index is 10.6. The molecule has 0 bridgehead atoms. The van der Waals surface area contributed by atoms with E-state index in [1.807, 2.05) is 7.05 Å². The summed E-state index contributed by atoms with van der Waals surface area (Å²) in [5.74, 6) is 0.420. The van der Waals surface area contributed by atoms with Gasteiger partial charge < -0.3 is 4.90 Å². The second kappa shape index (κ2) is 12.2. The predicted molar refractivity (Wildman–Crippen MR) is 71.9 cm³/mol. The Kier molecular flexibility index (Phi) is 14.2. The van der Waals surface area contributed by atoms with Crippen molar-refractivity contribution >= 4 is 22.8 Å². The van der Waals surface area contributed by atoms with Gasteiger partial charge in [0.2, 0.25) is 0 Å². The maximum Gasteiger partial charge on any atom is 0.135 e. The molecule has 1 fully saturated rings. The van der Waals surface area contributed by atoms with Crippen LogP contribution in [0.15, 0.2) is 0 Å². The molecule has 15 heavy (non-hydrogen) atoms. The summed E-state index contributed by atoms with van der Waals surface area (Å²) < 4.78 is 0. The Bertz CT molecular complexity index is 137. The van der Waals surface area contributed by atoms with Crippen molar-refractivity contribution < 1.29 is 4.79 Å². The van der Waals surface area contributed by atoms with Gasteiger partial charge in [-0.15, -0.1) is 17.0 Å². The zero-order valence-corrected chi connectivity index (χ0v) is 12.1. The first-order chi connectivity index (χ1) is 6.70. The highest BCUT2D eigenvalue weighted by molar-refractivity contribution is 8.93. The molecule has 1 rings (SSSR count). The van der Waals surface area contributed by atoms with Crippen molar-refractivity contribution in [2.24, 2.45) is 0 Å². The Morgan fingerprint density at radius 3 is 1.73 bits per heavy atom. The average molecular weight is 280 g/mol. The van der Waals surface area contributed by atoms with Gasteiger partial charge in [-0.2, -0.15) is 0 Å². The first kappa shape index (κ1) is 17.5. The van der Waals surface area contributed by atoms with Crippen LogP contribution in [0.25, 0.3) is 0 Å². The Labute approximate surface area is 105 Å². The number of unbranched alkanes of at least 4 members (excludes halogenated alkanes) is 3. The number of piperidine rings is 1. The first-order valence-corrected chi connectivity index (χ1v) is 5.91. The summed E-state index contributed by atoms with van der Waals surface area (Å²) in [5.41, 5.74) is 0. The van der Waals surface area contributed by atoms with Crippen molar-refractivity contribution in [3.8, 4) is 0 Å². The summed E-state index contributed by atoms with van der Waals surface area (Å²) in [6, 6.07) is 0. The summed E-state index contributed by atoms with van der Waals surface area (Å²) in [4.78, 5) is 12.8. The Morgan fingerprint density at radius 2 is 1.47 bits per heavy atom. The Balaban J connectivity index is 0. The van der Waals surface area contributed by atoms with Crippen LogP contribution in [0.4, 0.5) is 0 Å². The average Bonchev–Trinajstić information content (AvgIpc) is 2.20. The molecule has 0 radical (unpaired) electrons. The second-order valence-corrected chi connectivity index (χ2v) is 4.05. The van der Waals surface area contributed by atoms with Crippen molar-refractivity contribution in [1.82, 2.24) is 4.90 Å². The van der Waals surface area contributed by atoms with Gasteiger partial charge in [0.1, 0.15) is 5.78 Å². The number of carbonyl (C=O) groups is 1. The number of rotatable bonds is 3. The number of carbonyl (C=O) groups excluding carboxylic acids is 1. The Morgan fingerprint density at radius 1 is 1.07 bits per heavy atom. The fourth-order valence-corrected chi connectivity index (χ4v) is 1.37. The van der Waals surface area contributed by atoms with Crippen LogP contribution in [-0.4, -0.2) is 30.8 Å². The van der Waals surface area contributed by atoms with E-state index in [-0.39, 0.29) is 17.0 Å². The van der Waals surface area contributed by atoms with Crippen LogP contribution in [0.5, 0.6) is 0 Å². The topological polar surface area (TPSA) is 20.3 Å². The van der Waals surface area contributed by atoms with Crippen LogP contribution in [0.3, 0.4) is 0 Å². The van der Waals surface area contributed by atoms with Gasteiger partial charge in [-0.05, 0) is 7.05 Å². The number of likely N-dealkylation sites (tertiary alicyclic amines) is 1. The van der Waals surface area contributed by atoms with E-state index in [1.54, 1.807) is 0 Å². The van der Waals surface area contributed by atoms with Gasteiger partial charge in [-0.3, -0.25) is 4.79 Å². The fourth-order valence-electron chi connectivity index (χ4n) is 1.37. The highest BCUT2D eigenvalue weighted by Crippen LogP contribution is 2.01. The molecule has 0 saturated carbocycles. The first-order valence-electron chi connectivity index (χ1n) is 5.91. The third kappa shape index (κ3) is 12.0. The minimum absolute atomic E-state index is 0. The van der Waals surface area contributed by atoms with Crippen LogP contribution in [0.1, 0.15) is 52.4 Å². The van der Waals surface area contributed by atoms with E-state index in [0.717, 1.165) is 25.9 Å². The predicted octanol–water partition coefficient (Wildman–Crippen LogP) is 3.45. The molecule has 0 spiro atoms. The molecule has 3 heteroatoms. The molecule has 0 aromatic heterocycles. The van der Waals surface area contributed by atoms with E-state index in [4.69, 9.17) is 0 Å². The zero-order valence-electron chi connectivity index (χ0n) is 10.4. The van der Waals surface area contributed by atoms with Crippen LogP contribution < -0.4 is 0 Å². The summed E-state index contributed by atoms with van der Waals surface area (Å²) in [5, 5.41) is 0. The van der Waals surface area contributed by atoms with E-state index in [9.17, 15) is 4.79 Å². The molecule has 0 unspecified atom stereocenters. The third-order valence-electron chi connectivity index (χ3n) is 2.50. The molecule has 1 aliphatic heterocycles. The zero-order chi connectivity index (χ0) is 10.8. The highest BCUT2D eigenvalue weighted by Gasteiger charge is 2.10. The number of ketones is 1. The lowest BCUT2D eigenvalue weighted by molar-refractivity contribution is -0.121. The minimum Gasteiger partial charge on any atom is -0.305 e. The van der Waals surface area contributed by atoms with E-state index in [2.05, 4.69) is 18.7 Å². The number of Topliss-reactive ketones (excluding diaryl/α,β-unsaturated/α-hetero) is 1. The normalized spacial score (nSPS) is 16.3. The van der Waals surface area contributed by atoms with Crippen LogP contribution in [0, 0.1) is 0 Å². The smallest absolute Gasteiger partial charge is 0.135 e. The lowest BCUT2D eigenvalue weighted by Crippen LogP contribution is -2.29. The van der Waals surface area contributed by atoms with Gasteiger partial charge in [-0.25, -0.2) is 0 Å². The summed E-state index contributed by atoms with van der Waals surface area (Å²) in [6.07, 6.45) is 7.06. The summed E-state index contributed by atoms with van der Waals surface area (Å²) in [7, 11) is 2.05. The van der Waals surface area contributed by atoms with Crippen molar-refractivity contribution in [3.05, 3.63) is 0 Å². The van der Waals surface area contributed by atoms with Gasteiger partial charge in [-0.1, -0.05) is 39.5 Å². The molecule has 2 nitrogen and oxygen atoms in total. The molecule has 1 heterocycles. The molecule has 0 aromatic rings. The third-order valence-corrected chi connectivity index (χ3v) is 2.50. The minimum atomic E-state index is 0. The van der Waals surface area contributed by atoms with E-state index in [0.29, 0.717) is 5.78 Å². The SMILES string of the molecule is Br.CCCCCC.CN1CCC(=O)CC1. The van der Waals surface area contributed by atoms with E-state index >= 15 is 0 Å². The van der Waals surface area contributed by atoms with Crippen molar-refractivity contribution in [2.75, 3.05) is 20.1 Å². The molecule has 0 atom stereocenters. The molecule has 0 aliphatic carbocycles. The van der Waals surface area contributed by atoms with Crippen LogP contribution in [0.2, 0.25) is 0 Å². The fraction of sp³-hybridized carbons (Fsp3) is 0.917. The molecule has 92 valence electrons. The quantitative estimate of drug-likeness (QED) is 0.738. The molecular weight excluding hydrogens is 254 g/mol. The Hall–Kier alpha value is 0.110. The summed E-state index contributed by atoms with van der Waals surface area (Å²) >= 11 is 0. The number of nitrogens with zero attached hydrogens (tertiary/aromatic N) is 1. The van der Waals surface area contributed by atoms with Gasteiger partial charge in [0.05, 0.1) is 0 Å². The molecule has 0 N–H and O–H groups in total. The largest absolute Gasteiger partial charge is 0.305 e. The lowest BCUT2D eigenvalue weighted by Gasteiger charge is -2.19. The van der Waals surface area contributed by atoms with Crippen molar-refractivity contribution in [2.45, 2.75) is 52.4 Å². The molecule has 0 amide bonds. The molecule has 0 aromatic carbocycles. The van der Waals surface area contributed by atoms with Crippen molar-refractivity contribution in [1.29, 1.82) is 0 Å². The van der Waals surface area contributed by atoms with Gasteiger partial charge in [0.15, 0.2) is 0 Å². The van der Waals surface area contributed by atoms with Crippen LogP contribution >= 0.6 is 17.0 Å².